The molecule has 1 atom stereocenters. The van der Waals surface area contributed by atoms with Crippen molar-refractivity contribution >= 4 is 17.7 Å². The third kappa shape index (κ3) is 4.07. The minimum absolute atomic E-state index is 0.00557. The Hall–Kier alpha value is -2.41. The van der Waals surface area contributed by atoms with Crippen LogP contribution in [0.5, 0.6) is 5.75 Å². The van der Waals surface area contributed by atoms with Crippen molar-refractivity contribution in [2.75, 3.05) is 27.3 Å². The second-order valence-corrected chi connectivity index (χ2v) is 8.99. The topological polar surface area (TPSA) is 76.2 Å². The third-order valence-electron chi connectivity index (χ3n) is 7.24. The van der Waals surface area contributed by atoms with E-state index in [1.165, 1.54) is 4.90 Å². The van der Waals surface area contributed by atoms with Crippen LogP contribution in [0.25, 0.3) is 0 Å². The fourth-order valence-corrected chi connectivity index (χ4v) is 5.39. The molecule has 1 aliphatic carbocycles. The van der Waals surface area contributed by atoms with Crippen LogP contribution in [-0.4, -0.2) is 67.0 Å². The molecule has 0 unspecified atom stereocenters. The molecule has 2 aliphatic heterocycles. The zero-order valence-electron chi connectivity index (χ0n) is 18.5. The molecule has 1 saturated carbocycles. The number of carbonyl (C=O) groups excluding carboxylic acids is 3. The summed E-state index contributed by atoms with van der Waals surface area (Å²) in [5, 5.41) is 0. The Morgan fingerprint density at radius 2 is 1.81 bits per heavy atom. The van der Waals surface area contributed by atoms with Crippen molar-refractivity contribution in [1.29, 1.82) is 0 Å². The summed E-state index contributed by atoms with van der Waals surface area (Å²) in [6.07, 6.45) is 5.55. The number of carbonyl (C=O) groups is 3. The lowest BCUT2D eigenvalue weighted by molar-refractivity contribution is -0.145. The second-order valence-electron chi connectivity index (χ2n) is 8.99. The molecule has 1 aromatic carbocycles. The average Bonchev–Trinajstić information content (AvgIpc) is 3.40. The molecule has 3 amide bonds. The van der Waals surface area contributed by atoms with E-state index in [9.17, 15) is 14.4 Å². The highest BCUT2D eigenvalue weighted by molar-refractivity contribution is 6.11. The molecule has 4 rings (SSSR count). The largest absolute Gasteiger partial charge is 0.497 e. The van der Waals surface area contributed by atoms with Crippen molar-refractivity contribution in [2.45, 2.75) is 68.9 Å². The number of hydrogen-bond donors (Lipinski definition) is 0. The molecule has 7 heteroatoms. The lowest BCUT2D eigenvalue weighted by Crippen LogP contribution is -2.47. The van der Waals surface area contributed by atoms with Crippen molar-refractivity contribution in [3.63, 3.8) is 0 Å². The highest BCUT2D eigenvalue weighted by Gasteiger charge is 2.56. The first-order valence-electron chi connectivity index (χ1n) is 11.3. The monoisotopic (exact) mass is 428 g/mol. The van der Waals surface area contributed by atoms with Crippen LogP contribution in [0.3, 0.4) is 0 Å². The van der Waals surface area contributed by atoms with Gasteiger partial charge in [0, 0.05) is 39.1 Å². The van der Waals surface area contributed by atoms with Crippen LogP contribution in [0.15, 0.2) is 24.3 Å². The van der Waals surface area contributed by atoms with Crippen LogP contribution >= 0.6 is 0 Å². The maximum atomic E-state index is 13.8. The lowest BCUT2D eigenvalue weighted by Gasteiger charge is -2.35. The smallest absolute Gasteiger partial charge is 0.241 e. The normalized spacial score (nSPS) is 25.5. The first kappa shape index (κ1) is 21.8. The van der Waals surface area contributed by atoms with Crippen LogP contribution in [0.2, 0.25) is 0 Å². The minimum Gasteiger partial charge on any atom is -0.497 e. The van der Waals surface area contributed by atoms with E-state index in [1.807, 2.05) is 23.1 Å². The number of ether oxygens (including phenoxy) is 2. The van der Waals surface area contributed by atoms with Gasteiger partial charge in [-0.15, -0.1) is 0 Å². The molecule has 0 bridgehead atoms. The predicted molar refractivity (Wildman–Crippen MR) is 115 cm³/mol. The molecule has 7 nitrogen and oxygen atoms in total. The van der Waals surface area contributed by atoms with E-state index in [-0.39, 0.29) is 42.7 Å². The zero-order valence-corrected chi connectivity index (χ0v) is 18.5. The van der Waals surface area contributed by atoms with E-state index in [2.05, 4.69) is 0 Å². The van der Waals surface area contributed by atoms with E-state index in [0.29, 0.717) is 24.4 Å². The summed E-state index contributed by atoms with van der Waals surface area (Å²) in [6.45, 7) is 1.22. The van der Waals surface area contributed by atoms with E-state index in [0.717, 1.165) is 38.5 Å². The molecule has 0 radical (unpaired) electrons. The fourth-order valence-electron chi connectivity index (χ4n) is 5.39. The second kappa shape index (κ2) is 8.99. The number of benzene rings is 1. The molecule has 0 N–H and O–H groups in total. The van der Waals surface area contributed by atoms with E-state index >= 15 is 0 Å². The number of imide groups is 1. The maximum Gasteiger partial charge on any atom is 0.241 e. The van der Waals surface area contributed by atoms with E-state index < -0.39 is 5.41 Å². The van der Waals surface area contributed by atoms with Crippen LogP contribution in [0, 0.1) is 0 Å². The predicted octanol–water partition coefficient (Wildman–Crippen LogP) is 2.66. The number of amides is 3. The van der Waals surface area contributed by atoms with Crippen molar-refractivity contribution in [2.24, 2.45) is 0 Å². The van der Waals surface area contributed by atoms with Gasteiger partial charge in [0.1, 0.15) is 5.75 Å². The molecule has 2 saturated heterocycles. The SMILES string of the molecule is COc1cccc([C@]2(CC(=O)N3CCC(OC)CC3)CC(=O)N(C3CCCC3)C2=O)c1. The molecular formula is C24H32N2O5. The number of methoxy groups -OCH3 is 2. The van der Waals surface area contributed by atoms with Crippen molar-refractivity contribution in [3.05, 3.63) is 29.8 Å². The number of rotatable bonds is 6. The number of nitrogens with zero attached hydrogens (tertiary/aromatic N) is 2. The summed E-state index contributed by atoms with van der Waals surface area (Å²) in [5.41, 5.74) is -0.477. The molecule has 3 fully saturated rings. The quantitative estimate of drug-likeness (QED) is 0.651. The molecule has 0 spiro atoms. The molecular weight excluding hydrogens is 396 g/mol. The number of likely N-dealkylation sites (tertiary alicyclic amines) is 2. The Kier molecular flexibility index (Phi) is 6.32. The number of piperidine rings is 1. The van der Waals surface area contributed by atoms with Gasteiger partial charge in [0.15, 0.2) is 0 Å². The lowest BCUT2D eigenvalue weighted by atomic mass is 9.75. The highest BCUT2D eigenvalue weighted by Crippen LogP contribution is 2.44. The summed E-state index contributed by atoms with van der Waals surface area (Å²) < 4.78 is 10.8. The highest BCUT2D eigenvalue weighted by atomic mass is 16.5. The summed E-state index contributed by atoms with van der Waals surface area (Å²) in [5.74, 6) is 0.153. The Labute approximate surface area is 183 Å². The fraction of sp³-hybridized carbons (Fsp3) is 0.625. The Morgan fingerprint density at radius 1 is 1.10 bits per heavy atom. The molecule has 1 aromatic rings. The zero-order chi connectivity index (χ0) is 22.0. The van der Waals surface area contributed by atoms with Gasteiger partial charge in [-0.25, -0.2) is 0 Å². The van der Waals surface area contributed by atoms with Gasteiger partial charge in [-0.2, -0.15) is 0 Å². The molecule has 3 aliphatic rings. The van der Waals surface area contributed by atoms with Gasteiger partial charge >= 0.3 is 0 Å². The summed E-state index contributed by atoms with van der Waals surface area (Å²) in [6, 6.07) is 7.23. The van der Waals surface area contributed by atoms with Crippen molar-refractivity contribution in [1.82, 2.24) is 9.80 Å². The summed E-state index contributed by atoms with van der Waals surface area (Å²) in [7, 11) is 3.27. The van der Waals surface area contributed by atoms with Crippen LogP contribution in [0.4, 0.5) is 0 Å². The molecule has 168 valence electrons. The number of hydrogen-bond acceptors (Lipinski definition) is 5. The van der Waals surface area contributed by atoms with Gasteiger partial charge in [-0.3, -0.25) is 19.3 Å². The van der Waals surface area contributed by atoms with Gasteiger partial charge in [-0.1, -0.05) is 25.0 Å². The first-order chi connectivity index (χ1) is 15.0. The van der Waals surface area contributed by atoms with Gasteiger partial charge in [0.05, 0.1) is 18.6 Å². The Bertz CT molecular complexity index is 842. The van der Waals surface area contributed by atoms with Gasteiger partial charge in [0.25, 0.3) is 0 Å². The average molecular weight is 429 g/mol. The Morgan fingerprint density at radius 3 is 2.45 bits per heavy atom. The Balaban J connectivity index is 1.64. The summed E-state index contributed by atoms with van der Waals surface area (Å²) >= 11 is 0. The van der Waals surface area contributed by atoms with Crippen LogP contribution in [-0.2, 0) is 24.5 Å². The maximum absolute atomic E-state index is 13.8. The van der Waals surface area contributed by atoms with Crippen molar-refractivity contribution < 1.29 is 23.9 Å². The van der Waals surface area contributed by atoms with Gasteiger partial charge < -0.3 is 14.4 Å². The van der Waals surface area contributed by atoms with Crippen molar-refractivity contribution in [3.8, 4) is 5.75 Å². The molecule has 0 aromatic heterocycles. The van der Waals surface area contributed by atoms with Gasteiger partial charge in [0.2, 0.25) is 17.7 Å². The van der Waals surface area contributed by atoms with Gasteiger partial charge in [-0.05, 0) is 43.4 Å². The van der Waals surface area contributed by atoms with E-state index in [1.54, 1.807) is 20.3 Å². The molecule has 2 heterocycles. The third-order valence-corrected chi connectivity index (χ3v) is 7.24. The van der Waals surface area contributed by atoms with Crippen LogP contribution in [0.1, 0.15) is 56.9 Å². The summed E-state index contributed by atoms with van der Waals surface area (Å²) in [4.78, 5) is 43.5. The minimum atomic E-state index is -1.16. The first-order valence-corrected chi connectivity index (χ1v) is 11.3. The van der Waals surface area contributed by atoms with Crippen LogP contribution < -0.4 is 4.74 Å². The standard InChI is InChI=1S/C24H32N2O5/c1-30-19-10-12-25(13-11-19)21(27)15-24(17-6-5-9-20(14-17)31-2)16-22(28)26(23(24)29)18-7-3-4-8-18/h5-6,9,14,18-19H,3-4,7-8,10-13,15-16H2,1-2H3/t24-/m0/s1. The van der Waals surface area contributed by atoms with E-state index in [4.69, 9.17) is 9.47 Å². The molecule has 31 heavy (non-hydrogen) atoms.